The van der Waals surface area contributed by atoms with E-state index >= 15 is 0 Å². The van der Waals surface area contributed by atoms with Gasteiger partial charge in [-0.05, 0) is 29.8 Å². The van der Waals surface area contributed by atoms with Crippen molar-refractivity contribution in [1.82, 2.24) is 20.2 Å². The molecule has 0 aliphatic carbocycles. The lowest BCUT2D eigenvalue weighted by Crippen LogP contribution is -2.48. The van der Waals surface area contributed by atoms with Crippen LogP contribution in [0.4, 0.5) is 5.82 Å². The minimum Gasteiger partial charge on any atom is -0.467 e. The monoisotopic (exact) mass is 507 g/mol. The van der Waals surface area contributed by atoms with E-state index in [0.29, 0.717) is 36.7 Å². The number of benzene rings is 1. The van der Waals surface area contributed by atoms with Crippen LogP contribution >= 0.6 is 11.8 Å². The molecule has 0 unspecified atom stereocenters. The number of carbonyl (C=O) groups excluding carboxylic acids is 2. The molecule has 1 aliphatic heterocycles. The fourth-order valence-corrected chi connectivity index (χ4v) is 4.67. The molecule has 2 aromatic heterocycles. The summed E-state index contributed by atoms with van der Waals surface area (Å²) in [5, 5.41) is 3.59. The molecule has 190 valence electrons. The molecule has 9 heteroatoms. The van der Waals surface area contributed by atoms with Crippen molar-refractivity contribution in [3.05, 3.63) is 71.3 Å². The van der Waals surface area contributed by atoms with Crippen LogP contribution in [0.25, 0.3) is 0 Å². The third kappa shape index (κ3) is 6.66. The number of furan rings is 1. The van der Waals surface area contributed by atoms with Crippen LogP contribution in [0.5, 0.6) is 0 Å². The molecule has 1 aromatic carbocycles. The van der Waals surface area contributed by atoms with Gasteiger partial charge in [0.15, 0.2) is 5.16 Å². The molecule has 36 heavy (non-hydrogen) atoms. The van der Waals surface area contributed by atoms with E-state index in [9.17, 15) is 9.59 Å². The standard InChI is InChI=1S/C27H33N5O3S/c1-19(33)31-11-13-32(14-12-31)24-16-23(27(2,3)4)29-26(30-24)36-18-20-7-9-21(10-8-20)25(34)28-17-22-6-5-15-35-22/h5-10,15-16H,11-14,17-18H2,1-4H3,(H,28,34). The van der Waals surface area contributed by atoms with Gasteiger partial charge in [-0.15, -0.1) is 0 Å². The zero-order chi connectivity index (χ0) is 25.7. The van der Waals surface area contributed by atoms with Crippen molar-refractivity contribution < 1.29 is 14.0 Å². The van der Waals surface area contributed by atoms with E-state index in [0.717, 1.165) is 35.3 Å². The quantitative estimate of drug-likeness (QED) is 0.377. The van der Waals surface area contributed by atoms with Gasteiger partial charge in [0.05, 0.1) is 18.5 Å². The predicted octanol–water partition coefficient (Wildman–Crippen LogP) is 4.26. The van der Waals surface area contributed by atoms with Crippen LogP contribution in [-0.2, 0) is 22.5 Å². The predicted molar refractivity (Wildman–Crippen MR) is 141 cm³/mol. The summed E-state index contributed by atoms with van der Waals surface area (Å²) in [5.41, 5.74) is 2.57. The van der Waals surface area contributed by atoms with E-state index < -0.39 is 0 Å². The first-order valence-electron chi connectivity index (χ1n) is 12.1. The number of piperazine rings is 1. The number of amides is 2. The Balaban J connectivity index is 1.41. The van der Waals surface area contributed by atoms with Crippen molar-refractivity contribution in [2.45, 2.75) is 50.6 Å². The maximum atomic E-state index is 12.4. The highest BCUT2D eigenvalue weighted by atomic mass is 32.2. The van der Waals surface area contributed by atoms with Crippen LogP contribution in [0.3, 0.4) is 0 Å². The average Bonchev–Trinajstić information content (AvgIpc) is 3.39. The smallest absolute Gasteiger partial charge is 0.251 e. The van der Waals surface area contributed by atoms with Crippen LogP contribution in [0, 0.1) is 0 Å². The number of nitrogens with zero attached hydrogens (tertiary/aromatic N) is 4. The fourth-order valence-electron chi connectivity index (χ4n) is 3.86. The van der Waals surface area contributed by atoms with Gasteiger partial charge in [-0.3, -0.25) is 9.59 Å². The number of nitrogens with one attached hydrogen (secondary N) is 1. The topological polar surface area (TPSA) is 91.6 Å². The SMILES string of the molecule is CC(=O)N1CCN(c2cc(C(C)(C)C)nc(SCc3ccc(C(=O)NCc4ccco4)cc3)n2)CC1. The molecule has 2 amide bonds. The van der Waals surface area contributed by atoms with Crippen molar-refractivity contribution >= 4 is 29.4 Å². The van der Waals surface area contributed by atoms with Gasteiger partial charge in [0.25, 0.3) is 5.91 Å². The number of thioether (sulfide) groups is 1. The Morgan fingerprint density at radius 1 is 1.06 bits per heavy atom. The fraction of sp³-hybridized carbons (Fsp3) is 0.407. The second kappa shape index (κ2) is 11.2. The van der Waals surface area contributed by atoms with Crippen molar-refractivity contribution in [1.29, 1.82) is 0 Å². The summed E-state index contributed by atoms with van der Waals surface area (Å²) in [5.74, 6) is 2.30. The summed E-state index contributed by atoms with van der Waals surface area (Å²) < 4.78 is 5.26. The molecular weight excluding hydrogens is 474 g/mol. The summed E-state index contributed by atoms with van der Waals surface area (Å²) in [6.07, 6.45) is 1.59. The Bertz CT molecular complexity index is 1180. The average molecular weight is 508 g/mol. The van der Waals surface area contributed by atoms with Gasteiger partial charge >= 0.3 is 0 Å². The largest absolute Gasteiger partial charge is 0.467 e. The van der Waals surface area contributed by atoms with Gasteiger partial charge in [0.2, 0.25) is 5.91 Å². The van der Waals surface area contributed by atoms with Gasteiger partial charge in [0, 0.05) is 55.9 Å². The first-order valence-corrected chi connectivity index (χ1v) is 13.1. The molecule has 1 saturated heterocycles. The van der Waals surface area contributed by atoms with E-state index in [-0.39, 0.29) is 17.2 Å². The van der Waals surface area contributed by atoms with E-state index in [1.807, 2.05) is 35.2 Å². The van der Waals surface area contributed by atoms with Crippen LogP contribution in [-0.4, -0.2) is 52.9 Å². The van der Waals surface area contributed by atoms with Crippen molar-refractivity contribution in [2.24, 2.45) is 0 Å². The molecule has 1 N–H and O–H groups in total. The maximum Gasteiger partial charge on any atom is 0.251 e. The molecule has 8 nitrogen and oxygen atoms in total. The highest BCUT2D eigenvalue weighted by Gasteiger charge is 2.23. The Kier molecular flexibility index (Phi) is 7.98. The Labute approximate surface area is 216 Å². The Hall–Kier alpha value is -3.33. The van der Waals surface area contributed by atoms with Crippen LogP contribution in [0.1, 0.15) is 55.1 Å². The van der Waals surface area contributed by atoms with Crippen LogP contribution in [0.2, 0.25) is 0 Å². The Morgan fingerprint density at radius 2 is 1.78 bits per heavy atom. The molecule has 3 heterocycles. The van der Waals surface area contributed by atoms with Gasteiger partial charge < -0.3 is 19.5 Å². The van der Waals surface area contributed by atoms with E-state index in [4.69, 9.17) is 14.4 Å². The normalized spacial score (nSPS) is 14.1. The second-order valence-corrected chi connectivity index (χ2v) is 10.8. The van der Waals surface area contributed by atoms with Gasteiger partial charge in [-0.2, -0.15) is 0 Å². The van der Waals surface area contributed by atoms with Crippen molar-refractivity contribution in [3.63, 3.8) is 0 Å². The molecule has 3 aromatic rings. The minimum atomic E-state index is -0.138. The lowest BCUT2D eigenvalue weighted by atomic mass is 9.92. The van der Waals surface area contributed by atoms with Gasteiger partial charge in [-0.1, -0.05) is 44.7 Å². The maximum absolute atomic E-state index is 12.4. The second-order valence-electron chi connectivity index (χ2n) is 9.88. The van der Waals surface area contributed by atoms with E-state index in [2.05, 4.69) is 37.1 Å². The summed E-state index contributed by atoms with van der Waals surface area (Å²) in [7, 11) is 0. The molecular formula is C27H33N5O3S. The molecule has 1 aliphatic rings. The zero-order valence-corrected chi connectivity index (χ0v) is 22.1. The first-order chi connectivity index (χ1) is 17.2. The number of aromatic nitrogens is 2. The van der Waals surface area contributed by atoms with Crippen LogP contribution < -0.4 is 10.2 Å². The number of anilines is 1. The highest BCUT2D eigenvalue weighted by molar-refractivity contribution is 7.98. The Morgan fingerprint density at radius 3 is 2.39 bits per heavy atom. The molecule has 0 atom stereocenters. The summed E-state index contributed by atoms with van der Waals surface area (Å²) in [4.78, 5) is 37.9. The van der Waals surface area contributed by atoms with Gasteiger partial charge in [0.1, 0.15) is 11.6 Å². The highest BCUT2D eigenvalue weighted by Crippen LogP contribution is 2.29. The first kappa shape index (κ1) is 25.8. The molecule has 1 fully saturated rings. The van der Waals surface area contributed by atoms with Crippen molar-refractivity contribution in [3.8, 4) is 0 Å². The molecule has 0 radical (unpaired) electrons. The molecule has 0 spiro atoms. The van der Waals surface area contributed by atoms with E-state index in [1.54, 1.807) is 31.0 Å². The zero-order valence-electron chi connectivity index (χ0n) is 21.3. The minimum absolute atomic E-state index is 0.112. The number of hydrogen-bond donors (Lipinski definition) is 1. The van der Waals surface area contributed by atoms with Crippen molar-refractivity contribution in [2.75, 3.05) is 31.1 Å². The van der Waals surface area contributed by atoms with E-state index in [1.165, 1.54) is 0 Å². The third-order valence-corrected chi connectivity index (χ3v) is 7.02. The number of hydrogen-bond acceptors (Lipinski definition) is 7. The molecule has 0 bridgehead atoms. The van der Waals surface area contributed by atoms with Crippen LogP contribution in [0.15, 0.2) is 58.3 Å². The number of rotatable bonds is 7. The summed E-state index contributed by atoms with van der Waals surface area (Å²) >= 11 is 1.58. The lowest BCUT2D eigenvalue weighted by molar-refractivity contribution is -0.129. The number of carbonyl (C=O) groups is 2. The third-order valence-electron chi connectivity index (χ3n) is 6.10. The lowest BCUT2D eigenvalue weighted by Gasteiger charge is -2.35. The summed E-state index contributed by atoms with van der Waals surface area (Å²) in [6.45, 7) is 11.3. The van der Waals surface area contributed by atoms with Gasteiger partial charge in [-0.25, -0.2) is 9.97 Å². The summed E-state index contributed by atoms with van der Waals surface area (Å²) in [6, 6.07) is 13.3. The molecule has 0 saturated carbocycles. The molecule has 4 rings (SSSR count).